The minimum atomic E-state index is -0.722. The van der Waals surface area contributed by atoms with Crippen molar-refractivity contribution in [3.63, 3.8) is 0 Å². The second-order valence-corrected chi connectivity index (χ2v) is 7.06. The third-order valence-corrected chi connectivity index (χ3v) is 4.97. The van der Waals surface area contributed by atoms with Gasteiger partial charge in [0.25, 0.3) is 0 Å². The Morgan fingerprint density at radius 3 is 2.62 bits per heavy atom. The zero-order valence-electron chi connectivity index (χ0n) is 15.2. The van der Waals surface area contributed by atoms with Crippen LogP contribution in [0.2, 0.25) is 0 Å². The van der Waals surface area contributed by atoms with Crippen LogP contribution in [0.5, 0.6) is 0 Å². The number of carboxylic acids is 1. The van der Waals surface area contributed by atoms with Crippen LogP contribution in [0.4, 0.5) is 0 Å². The third-order valence-electron chi connectivity index (χ3n) is 4.97. The predicted octanol–water partition coefficient (Wildman–Crippen LogP) is 3.73. The number of carboxylic acid groups (broad SMARTS) is 1. The van der Waals surface area contributed by atoms with Crippen molar-refractivity contribution in [2.24, 2.45) is 0 Å². The number of likely N-dealkylation sites (tertiary alicyclic amines) is 1. The zero-order valence-corrected chi connectivity index (χ0v) is 15.2. The molecule has 24 heavy (non-hydrogen) atoms. The molecular formula is C19H35NO4. The summed E-state index contributed by atoms with van der Waals surface area (Å²) in [4.78, 5) is 24.5. The second-order valence-electron chi connectivity index (χ2n) is 7.06. The summed E-state index contributed by atoms with van der Waals surface area (Å²) < 4.78 is 0. The maximum Gasteiger partial charge on any atom is 0.303 e. The van der Waals surface area contributed by atoms with Crippen molar-refractivity contribution in [2.45, 2.75) is 103 Å². The Morgan fingerprint density at radius 1 is 1.17 bits per heavy atom. The van der Waals surface area contributed by atoms with Crippen LogP contribution in [-0.4, -0.2) is 45.7 Å². The number of aliphatic hydroxyl groups is 1. The summed E-state index contributed by atoms with van der Waals surface area (Å²) >= 11 is 0. The maximum atomic E-state index is 12.0. The predicted molar refractivity (Wildman–Crippen MR) is 94.8 cm³/mol. The van der Waals surface area contributed by atoms with Gasteiger partial charge in [-0.1, -0.05) is 45.4 Å². The van der Waals surface area contributed by atoms with Crippen LogP contribution >= 0.6 is 0 Å². The highest BCUT2D eigenvalue weighted by Crippen LogP contribution is 2.24. The molecule has 2 N–H and O–H groups in total. The first-order valence-electron chi connectivity index (χ1n) is 9.74. The molecule has 1 aliphatic rings. The Hall–Kier alpha value is -1.10. The molecule has 1 saturated heterocycles. The Kier molecular flexibility index (Phi) is 10.7. The summed E-state index contributed by atoms with van der Waals surface area (Å²) in [6, 6.07) is 0.319. The number of amides is 1. The van der Waals surface area contributed by atoms with Crippen molar-refractivity contribution in [1.82, 2.24) is 4.90 Å². The van der Waals surface area contributed by atoms with Gasteiger partial charge < -0.3 is 15.1 Å². The molecule has 1 unspecified atom stereocenters. The number of hydrogen-bond acceptors (Lipinski definition) is 3. The molecule has 5 nitrogen and oxygen atoms in total. The number of unbranched alkanes of at least 4 members (excludes halogenated alkanes) is 5. The largest absolute Gasteiger partial charge is 0.481 e. The fourth-order valence-corrected chi connectivity index (χ4v) is 3.47. The second kappa shape index (κ2) is 12.3. The lowest BCUT2D eigenvalue weighted by atomic mass is 10.0. The molecule has 2 atom stereocenters. The van der Waals surface area contributed by atoms with Gasteiger partial charge in [0.1, 0.15) is 0 Å². The zero-order chi connectivity index (χ0) is 17.8. The molecule has 0 aromatic carbocycles. The summed E-state index contributed by atoms with van der Waals surface area (Å²) in [5, 5.41) is 18.7. The molecule has 1 fully saturated rings. The summed E-state index contributed by atoms with van der Waals surface area (Å²) in [5.74, 6) is -0.494. The van der Waals surface area contributed by atoms with Gasteiger partial charge in [-0.2, -0.15) is 0 Å². The highest BCUT2D eigenvalue weighted by molar-refractivity contribution is 5.78. The molecule has 5 heteroatoms. The molecule has 0 aromatic heterocycles. The van der Waals surface area contributed by atoms with Crippen LogP contribution in [0, 0.1) is 0 Å². The smallest absolute Gasteiger partial charge is 0.303 e. The summed E-state index contributed by atoms with van der Waals surface area (Å²) in [7, 11) is 0. The minimum Gasteiger partial charge on any atom is -0.481 e. The monoisotopic (exact) mass is 341 g/mol. The Bertz CT molecular complexity index is 372. The summed E-state index contributed by atoms with van der Waals surface area (Å²) in [6.45, 7) is 2.83. The Labute approximate surface area is 146 Å². The van der Waals surface area contributed by atoms with Crippen molar-refractivity contribution >= 4 is 11.9 Å². The molecule has 140 valence electrons. The molecule has 0 saturated carbocycles. The standard InChI is InChI=1S/C19H35NO4/c1-2-3-6-10-17(21)14-15-20-16(12-13-18(20)22)9-7-4-5-8-11-19(23)24/h16-17,21H,2-15H2,1H3,(H,23,24)/t16-,17?/m0/s1. The quantitative estimate of drug-likeness (QED) is 0.472. The fourth-order valence-electron chi connectivity index (χ4n) is 3.47. The van der Waals surface area contributed by atoms with E-state index in [1.165, 1.54) is 0 Å². The summed E-state index contributed by atoms with van der Waals surface area (Å²) in [5.41, 5.74) is 0. The van der Waals surface area contributed by atoms with Gasteiger partial charge in [-0.15, -0.1) is 0 Å². The maximum absolute atomic E-state index is 12.0. The van der Waals surface area contributed by atoms with E-state index in [2.05, 4.69) is 6.92 Å². The Balaban J connectivity index is 2.19. The van der Waals surface area contributed by atoms with Crippen LogP contribution in [0.3, 0.4) is 0 Å². The van der Waals surface area contributed by atoms with Crippen molar-refractivity contribution in [3.05, 3.63) is 0 Å². The van der Waals surface area contributed by atoms with E-state index in [0.29, 0.717) is 25.4 Å². The number of aliphatic carboxylic acids is 1. The average molecular weight is 341 g/mol. The van der Waals surface area contributed by atoms with Gasteiger partial charge in [0.2, 0.25) is 5.91 Å². The number of aliphatic hydroxyl groups excluding tert-OH is 1. The van der Waals surface area contributed by atoms with Crippen LogP contribution in [0.15, 0.2) is 0 Å². The minimum absolute atomic E-state index is 0.228. The molecular weight excluding hydrogens is 306 g/mol. The van der Waals surface area contributed by atoms with Gasteiger partial charge in [-0.05, 0) is 32.1 Å². The van der Waals surface area contributed by atoms with Gasteiger partial charge in [-0.3, -0.25) is 9.59 Å². The van der Waals surface area contributed by atoms with Crippen LogP contribution in [-0.2, 0) is 9.59 Å². The fraction of sp³-hybridized carbons (Fsp3) is 0.895. The van der Waals surface area contributed by atoms with Gasteiger partial charge in [0.05, 0.1) is 6.10 Å². The SMILES string of the molecule is CCCCCC(O)CCN1C(=O)CC[C@@H]1CCCCCCC(=O)O. The van der Waals surface area contributed by atoms with E-state index in [1.54, 1.807) is 0 Å². The van der Waals surface area contributed by atoms with Crippen LogP contribution in [0.1, 0.15) is 90.4 Å². The number of carbonyl (C=O) groups excluding carboxylic acids is 1. The van der Waals surface area contributed by atoms with E-state index in [4.69, 9.17) is 5.11 Å². The van der Waals surface area contributed by atoms with E-state index in [9.17, 15) is 14.7 Å². The van der Waals surface area contributed by atoms with Crippen molar-refractivity contribution in [2.75, 3.05) is 6.54 Å². The van der Waals surface area contributed by atoms with E-state index in [0.717, 1.165) is 64.2 Å². The number of nitrogens with zero attached hydrogens (tertiary/aromatic N) is 1. The molecule has 0 aliphatic carbocycles. The van der Waals surface area contributed by atoms with Gasteiger partial charge in [-0.25, -0.2) is 0 Å². The molecule has 1 aliphatic heterocycles. The number of hydrogen-bond donors (Lipinski definition) is 2. The van der Waals surface area contributed by atoms with Crippen LogP contribution in [0.25, 0.3) is 0 Å². The highest BCUT2D eigenvalue weighted by atomic mass is 16.4. The van der Waals surface area contributed by atoms with Crippen molar-refractivity contribution < 1.29 is 19.8 Å². The topological polar surface area (TPSA) is 77.8 Å². The van der Waals surface area contributed by atoms with Gasteiger partial charge >= 0.3 is 5.97 Å². The van der Waals surface area contributed by atoms with Gasteiger partial charge in [0, 0.05) is 25.4 Å². The molecule has 0 spiro atoms. The average Bonchev–Trinajstić information content (AvgIpc) is 2.89. The van der Waals surface area contributed by atoms with E-state index in [1.807, 2.05) is 4.90 Å². The third kappa shape index (κ3) is 8.67. The Morgan fingerprint density at radius 2 is 1.92 bits per heavy atom. The molecule has 0 aromatic rings. The van der Waals surface area contributed by atoms with Crippen LogP contribution < -0.4 is 0 Å². The molecule has 1 amide bonds. The van der Waals surface area contributed by atoms with Crippen molar-refractivity contribution in [1.29, 1.82) is 0 Å². The first kappa shape index (κ1) is 20.9. The van der Waals surface area contributed by atoms with E-state index in [-0.39, 0.29) is 18.4 Å². The van der Waals surface area contributed by atoms with Crippen molar-refractivity contribution in [3.8, 4) is 0 Å². The highest BCUT2D eigenvalue weighted by Gasteiger charge is 2.30. The lowest BCUT2D eigenvalue weighted by Gasteiger charge is -2.26. The molecule has 0 bridgehead atoms. The molecule has 1 rings (SSSR count). The lowest BCUT2D eigenvalue weighted by Crippen LogP contribution is -2.35. The normalized spacial score (nSPS) is 19.0. The summed E-state index contributed by atoms with van der Waals surface area (Å²) in [6.07, 6.45) is 11.2. The van der Waals surface area contributed by atoms with E-state index >= 15 is 0 Å². The lowest BCUT2D eigenvalue weighted by molar-refractivity contribution is -0.137. The number of carbonyl (C=O) groups is 2. The molecule has 0 radical (unpaired) electrons. The van der Waals surface area contributed by atoms with E-state index < -0.39 is 5.97 Å². The molecule has 1 heterocycles. The number of rotatable bonds is 14. The first-order chi connectivity index (χ1) is 11.5. The van der Waals surface area contributed by atoms with Gasteiger partial charge in [0.15, 0.2) is 0 Å². The first-order valence-corrected chi connectivity index (χ1v) is 9.74.